The number of nitrogens with zero attached hydrogens (tertiary/aromatic N) is 4. The van der Waals surface area contributed by atoms with Gasteiger partial charge >= 0.3 is 0 Å². The van der Waals surface area contributed by atoms with Crippen molar-refractivity contribution in [2.75, 3.05) is 56.3 Å². The first-order valence-electron chi connectivity index (χ1n) is 8.55. The van der Waals surface area contributed by atoms with Crippen LogP contribution in [0.2, 0.25) is 0 Å². The van der Waals surface area contributed by atoms with Gasteiger partial charge in [-0.25, -0.2) is 18.4 Å². The Balaban J connectivity index is 1.70. The molecule has 2 aliphatic heterocycles. The van der Waals surface area contributed by atoms with Gasteiger partial charge in [0.25, 0.3) is 0 Å². The Morgan fingerprint density at radius 3 is 2.60 bits per heavy atom. The maximum absolute atomic E-state index is 12.3. The van der Waals surface area contributed by atoms with Crippen molar-refractivity contribution in [3.05, 3.63) is 17.6 Å². The normalized spacial score (nSPS) is 18.6. The molecule has 0 atom stereocenters. The second-order valence-electron chi connectivity index (χ2n) is 6.48. The summed E-state index contributed by atoms with van der Waals surface area (Å²) in [6, 6.07) is 0. The van der Waals surface area contributed by atoms with E-state index >= 15 is 0 Å². The maximum Gasteiger partial charge on any atom is 0.223 e. The van der Waals surface area contributed by atoms with Crippen LogP contribution in [-0.2, 0) is 32.2 Å². The molecule has 1 aromatic rings. The first-order valence-corrected chi connectivity index (χ1v) is 10.6. The molecule has 0 radical (unpaired) electrons. The zero-order valence-electron chi connectivity index (χ0n) is 14.5. The molecule has 3 rings (SSSR count). The van der Waals surface area contributed by atoms with E-state index in [1.165, 1.54) is 0 Å². The van der Waals surface area contributed by atoms with E-state index < -0.39 is 9.84 Å². The third kappa shape index (κ3) is 4.66. The molecular formula is C16H24N4O4S. The molecule has 0 bridgehead atoms. The van der Waals surface area contributed by atoms with Crippen molar-refractivity contribution in [1.82, 2.24) is 14.9 Å². The van der Waals surface area contributed by atoms with Gasteiger partial charge in [0.15, 0.2) is 0 Å². The van der Waals surface area contributed by atoms with Crippen LogP contribution in [0.3, 0.4) is 0 Å². The number of fused-ring (bicyclic) bond motifs is 1. The summed E-state index contributed by atoms with van der Waals surface area (Å²) in [5.74, 6) is 0.728. The minimum atomic E-state index is -3.13. The van der Waals surface area contributed by atoms with Gasteiger partial charge in [-0.3, -0.25) is 4.79 Å². The van der Waals surface area contributed by atoms with Gasteiger partial charge in [0.1, 0.15) is 22.0 Å². The van der Waals surface area contributed by atoms with E-state index in [0.717, 1.165) is 36.4 Å². The van der Waals surface area contributed by atoms with E-state index in [4.69, 9.17) is 4.74 Å². The number of hydrogen-bond donors (Lipinski definition) is 0. The Morgan fingerprint density at radius 2 is 1.88 bits per heavy atom. The number of rotatable bonds is 4. The summed E-state index contributed by atoms with van der Waals surface area (Å²) in [4.78, 5) is 25.2. The monoisotopic (exact) mass is 368 g/mol. The SMILES string of the molecule is CS(=O)(=O)CCC(=O)N1CCc2ncnc(N3CCOCC3)c2CC1. The highest BCUT2D eigenvalue weighted by Crippen LogP contribution is 2.24. The summed E-state index contributed by atoms with van der Waals surface area (Å²) in [6.07, 6.45) is 4.14. The number of aromatic nitrogens is 2. The van der Waals surface area contributed by atoms with Crippen LogP contribution in [0.25, 0.3) is 0 Å². The first kappa shape index (κ1) is 18.1. The molecule has 0 unspecified atom stereocenters. The predicted octanol–water partition coefficient (Wildman–Crippen LogP) is -0.325. The lowest BCUT2D eigenvalue weighted by Gasteiger charge is -2.29. The van der Waals surface area contributed by atoms with Gasteiger partial charge in [-0.15, -0.1) is 0 Å². The number of ether oxygens (including phenoxy) is 1. The molecule has 2 aliphatic rings. The molecule has 25 heavy (non-hydrogen) atoms. The molecule has 1 amide bonds. The number of morpholine rings is 1. The highest BCUT2D eigenvalue weighted by molar-refractivity contribution is 7.90. The maximum atomic E-state index is 12.3. The molecular weight excluding hydrogens is 344 g/mol. The van der Waals surface area contributed by atoms with Crippen LogP contribution in [0, 0.1) is 0 Å². The standard InChI is InChI=1S/C16H24N4O4S/c1-25(22,23)11-4-15(21)19-5-2-13-14(3-6-19)17-12-18-16(13)20-7-9-24-10-8-20/h12H,2-11H2,1H3. The zero-order chi connectivity index (χ0) is 17.9. The Bertz CT molecular complexity index is 732. The van der Waals surface area contributed by atoms with Crippen molar-refractivity contribution < 1.29 is 17.9 Å². The number of carbonyl (C=O) groups is 1. The zero-order valence-corrected chi connectivity index (χ0v) is 15.3. The van der Waals surface area contributed by atoms with Gasteiger partial charge in [-0.1, -0.05) is 0 Å². The number of hydrogen-bond acceptors (Lipinski definition) is 7. The van der Waals surface area contributed by atoms with Crippen molar-refractivity contribution in [2.45, 2.75) is 19.3 Å². The predicted molar refractivity (Wildman–Crippen MR) is 93.4 cm³/mol. The quantitative estimate of drug-likeness (QED) is 0.719. The van der Waals surface area contributed by atoms with Crippen LogP contribution >= 0.6 is 0 Å². The fourth-order valence-electron chi connectivity index (χ4n) is 3.24. The van der Waals surface area contributed by atoms with Crippen LogP contribution in [0.5, 0.6) is 0 Å². The van der Waals surface area contributed by atoms with E-state index in [1.54, 1.807) is 11.2 Å². The number of sulfone groups is 1. The van der Waals surface area contributed by atoms with Crippen LogP contribution in [0.15, 0.2) is 6.33 Å². The lowest BCUT2D eigenvalue weighted by atomic mass is 10.1. The number of carbonyl (C=O) groups excluding carboxylic acids is 1. The highest BCUT2D eigenvalue weighted by atomic mass is 32.2. The topological polar surface area (TPSA) is 92.7 Å². The smallest absolute Gasteiger partial charge is 0.223 e. The molecule has 1 fully saturated rings. The van der Waals surface area contributed by atoms with Crippen LogP contribution < -0.4 is 4.90 Å². The van der Waals surface area contributed by atoms with Crippen molar-refractivity contribution in [1.29, 1.82) is 0 Å². The average Bonchev–Trinajstić information content (AvgIpc) is 2.82. The molecule has 1 saturated heterocycles. The minimum Gasteiger partial charge on any atom is -0.378 e. The third-order valence-corrected chi connectivity index (χ3v) is 5.56. The molecule has 138 valence electrons. The summed E-state index contributed by atoms with van der Waals surface area (Å²) in [6.45, 7) is 4.13. The van der Waals surface area contributed by atoms with Gasteiger partial charge in [-0.2, -0.15) is 0 Å². The molecule has 0 aromatic carbocycles. The van der Waals surface area contributed by atoms with Crippen molar-refractivity contribution in [3.63, 3.8) is 0 Å². The number of anilines is 1. The molecule has 1 aromatic heterocycles. The summed E-state index contributed by atoms with van der Waals surface area (Å²) in [5.41, 5.74) is 2.08. The van der Waals surface area contributed by atoms with E-state index in [2.05, 4.69) is 14.9 Å². The molecule has 0 aliphatic carbocycles. The van der Waals surface area contributed by atoms with Crippen LogP contribution in [0.4, 0.5) is 5.82 Å². The van der Waals surface area contributed by atoms with Crippen LogP contribution in [-0.4, -0.2) is 80.6 Å². The second-order valence-corrected chi connectivity index (χ2v) is 8.74. The highest BCUT2D eigenvalue weighted by Gasteiger charge is 2.24. The van der Waals surface area contributed by atoms with E-state index in [-0.39, 0.29) is 18.1 Å². The van der Waals surface area contributed by atoms with E-state index in [9.17, 15) is 13.2 Å². The molecule has 0 saturated carbocycles. The molecule has 0 N–H and O–H groups in total. The Labute approximate surface area is 148 Å². The lowest BCUT2D eigenvalue weighted by Crippen LogP contribution is -2.37. The summed E-state index contributed by atoms with van der Waals surface area (Å²) < 4.78 is 28.0. The molecule has 9 heteroatoms. The summed E-state index contributed by atoms with van der Waals surface area (Å²) in [5, 5.41) is 0. The third-order valence-electron chi connectivity index (χ3n) is 4.61. The van der Waals surface area contributed by atoms with Crippen LogP contribution in [0.1, 0.15) is 17.7 Å². The fraction of sp³-hybridized carbons (Fsp3) is 0.688. The Morgan fingerprint density at radius 1 is 1.16 bits per heavy atom. The van der Waals surface area contributed by atoms with E-state index in [0.29, 0.717) is 39.1 Å². The van der Waals surface area contributed by atoms with Gasteiger partial charge in [0.2, 0.25) is 5.91 Å². The lowest BCUT2D eigenvalue weighted by molar-refractivity contribution is -0.130. The summed E-state index contributed by atoms with van der Waals surface area (Å²) in [7, 11) is -3.13. The van der Waals surface area contributed by atoms with Gasteiger partial charge < -0.3 is 14.5 Å². The van der Waals surface area contributed by atoms with E-state index in [1.807, 2.05) is 0 Å². The molecule has 0 spiro atoms. The largest absolute Gasteiger partial charge is 0.378 e. The number of amides is 1. The summed E-state index contributed by atoms with van der Waals surface area (Å²) >= 11 is 0. The van der Waals surface area contributed by atoms with Crippen molar-refractivity contribution >= 4 is 21.6 Å². The molecule has 3 heterocycles. The van der Waals surface area contributed by atoms with Crippen molar-refractivity contribution in [2.24, 2.45) is 0 Å². The first-order chi connectivity index (χ1) is 11.9. The van der Waals surface area contributed by atoms with Gasteiger partial charge in [0.05, 0.1) is 24.7 Å². The molecule has 8 nitrogen and oxygen atoms in total. The van der Waals surface area contributed by atoms with Crippen molar-refractivity contribution in [3.8, 4) is 0 Å². The minimum absolute atomic E-state index is 0.0389. The van der Waals surface area contributed by atoms with Gasteiger partial charge in [-0.05, 0) is 6.42 Å². The average molecular weight is 368 g/mol. The Kier molecular flexibility index (Phi) is 5.53. The Hall–Kier alpha value is -1.74. The fourth-order valence-corrected chi connectivity index (χ4v) is 3.78. The van der Waals surface area contributed by atoms with Gasteiger partial charge in [0, 0.05) is 50.8 Å². The second kappa shape index (κ2) is 7.65.